The molecule has 0 heterocycles. The monoisotopic (exact) mass is 310 g/mol. The fraction of sp³-hybridized carbons (Fsp3) is 0.0769. The Morgan fingerprint density at radius 2 is 1.86 bits per heavy atom. The van der Waals surface area contributed by atoms with Gasteiger partial charge in [0.1, 0.15) is 10.7 Å². The Kier molecular flexibility index (Phi) is 3.90. The first-order chi connectivity index (χ1) is 9.81. The van der Waals surface area contributed by atoms with Crippen molar-refractivity contribution in [1.29, 1.82) is 0 Å². The molecule has 0 saturated carbocycles. The Hall–Kier alpha value is -2.48. The number of hydrogen-bond acceptors (Lipinski definition) is 4. The van der Waals surface area contributed by atoms with Gasteiger partial charge in [-0.15, -0.1) is 0 Å². The van der Waals surface area contributed by atoms with Gasteiger partial charge in [0, 0.05) is 11.6 Å². The van der Waals surface area contributed by atoms with Crippen LogP contribution in [0, 0.1) is 22.9 Å². The summed E-state index contributed by atoms with van der Waals surface area (Å²) in [7, 11) is -4.15. The number of nitro groups is 1. The van der Waals surface area contributed by atoms with Crippen molar-refractivity contribution in [2.45, 2.75) is 11.8 Å². The minimum Gasteiger partial charge on any atom is -0.279 e. The summed E-state index contributed by atoms with van der Waals surface area (Å²) >= 11 is 0. The second-order valence-electron chi connectivity index (χ2n) is 4.29. The molecule has 0 amide bonds. The standard InChI is InChI=1S/C13H11FN2O4S/c1-9-6-7-10(8-12(9)16(17)18)15-21(19,20)13-5-3-2-4-11(13)14/h2-8,15H,1H3. The molecule has 6 nitrogen and oxygen atoms in total. The molecule has 0 atom stereocenters. The lowest BCUT2D eigenvalue weighted by Crippen LogP contribution is -2.14. The first-order valence-corrected chi connectivity index (χ1v) is 7.32. The quantitative estimate of drug-likeness (QED) is 0.694. The van der Waals surface area contributed by atoms with Gasteiger partial charge in [0.25, 0.3) is 15.7 Å². The first kappa shape index (κ1) is 14.9. The van der Waals surface area contributed by atoms with Crippen molar-refractivity contribution in [1.82, 2.24) is 0 Å². The summed E-state index contributed by atoms with van der Waals surface area (Å²) in [6.07, 6.45) is 0. The average molecular weight is 310 g/mol. The minimum absolute atomic E-state index is 0.00412. The largest absolute Gasteiger partial charge is 0.279 e. The van der Waals surface area contributed by atoms with E-state index < -0.39 is 25.7 Å². The van der Waals surface area contributed by atoms with Gasteiger partial charge in [-0.1, -0.05) is 18.2 Å². The average Bonchev–Trinajstić information content (AvgIpc) is 2.40. The number of sulfonamides is 1. The summed E-state index contributed by atoms with van der Waals surface area (Å²) in [6.45, 7) is 1.53. The smallest absolute Gasteiger partial charge is 0.274 e. The Morgan fingerprint density at radius 1 is 1.19 bits per heavy atom. The molecule has 110 valence electrons. The summed E-state index contributed by atoms with van der Waals surface area (Å²) < 4.78 is 39.8. The van der Waals surface area contributed by atoms with Crippen molar-refractivity contribution < 1.29 is 17.7 Å². The Morgan fingerprint density at radius 3 is 2.48 bits per heavy atom. The number of nitrogens with one attached hydrogen (secondary N) is 1. The van der Waals surface area contributed by atoms with E-state index in [0.717, 1.165) is 18.2 Å². The molecule has 1 N–H and O–H groups in total. The zero-order valence-electron chi connectivity index (χ0n) is 10.9. The molecule has 0 aliphatic rings. The molecule has 0 aliphatic heterocycles. The van der Waals surface area contributed by atoms with Gasteiger partial charge in [-0.3, -0.25) is 14.8 Å². The predicted octanol–water partition coefficient (Wildman–Crippen LogP) is 2.84. The van der Waals surface area contributed by atoms with Crippen LogP contribution in [0.5, 0.6) is 0 Å². The molecule has 2 rings (SSSR count). The van der Waals surface area contributed by atoms with Crippen molar-refractivity contribution >= 4 is 21.4 Å². The van der Waals surface area contributed by atoms with E-state index in [1.54, 1.807) is 0 Å². The second kappa shape index (κ2) is 5.49. The maximum atomic E-state index is 13.5. The van der Waals surface area contributed by atoms with Crippen molar-refractivity contribution in [3.63, 3.8) is 0 Å². The highest BCUT2D eigenvalue weighted by molar-refractivity contribution is 7.92. The summed E-state index contributed by atoms with van der Waals surface area (Å²) in [5.41, 5.74) is 0.174. The molecule has 8 heteroatoms. The van der Waals surface area contributed by atoms with Crippen molar-refractivity contribution in [2.75, 3.05) is 4.72 Å². The lowest BCUT2D eigenvalue weighted by atomic mass is 10.2. The summed E-state index contributed by atoms with van der Waals surface area (Å²) in [5, 5.41) is 10.8. The third-order valence-electron chi connectivity index (χ3n) is 2.78. The molecule has 0 saturated heterocycles. The topological polar surface area (TPSA) is 89.3 Å². The number of halogens is 1. The number of nitrogens with zero attached hydrogens (tertiary/aromatic N) is 1. The van der Waals surface area contributed by atoms with Crippen LogP contribution < -0.4 is 4.72 Å². The summed E-state index contributed by atoms with van der Waals surface area (Å²) in [4.78, 5) is 9.70. The molecule has 0 fully saturated rings. The summed E-state index contributed by atoms with van der Waals surface area (Å²) in [6, 6.07) is 8.76. The number of hydrogen-bond donors (Lipinski definition) is 1. The van der Waals surface area contributed by atoms with E-state index >= 15 is 0 Å². The number of nitro benzene ring substituents is 1. The molecule has 0 spiro atoms. The zero-order chi connectivity index (χ0) is 15.6. The van der Waals surface area contributed by atoms with Gasteiger partial charge in [-0.2, -0.15) is 0 Å². The molecular weight excluding hydrogens is 299 g/mol. The van der Waals surface area contributed by atoms with E-state index in [-0.39, 0.29) is 11.4 Å². The maximum absolute atomic E-state index is 13.5. The van der Waals surface area contributed by atoms with Crippen molar-refractivity contribution in [2.24, 2.45) is 0 Å². The highest BCUT2D eigenvalue weighted by Crippen LogP contribution is 2.25. The molecule has 21 heavy (non-hydrogen) atoms. The fourth-order valence-corrected chi connectivity index (χ4v) is 2.87. The molecule has 0 aliphatic carbocycles. The van der Waals surface area contributed by atoms with Gasteiger partial charge in [0.05, 0.1) is 10.6 Å². The van der Waals surface area contributed by atoms with Crippen LogP contribution >= 0.6 is 0 Å². The Labute approximate surface area is 120 Å². The van der Waals surface area contributed by atoms with Crippen LogP contribution in [-0.2, 0) is 10.0 Å². The lowest BCUT2D eigenvalue weighted by Gasteiger charge is -2.09. The first-order valence-electron chi connectivity index (χ1n) is 5.83. The fourth-order valence-electron chi connectivity index (χ4n) is 1.74. The third kappa shape index (κ3) is 3.16. The zero-order valence-corrected chi connectivity index (χ0v) is 11.7. The van der Waals surface area contributed by atoms with Gasteiger partial charge in [-0.25, -0.2) is 12.8 Å². The van der Waals surface area contributed by atoms with E-state index in [0.29, 0.717) is 5.56 Å². The van der Waals surface area contributed by atoms with Gasteiger partial charge < -0.3 is 0 Å². The van der Waals surface area contributed by atoms with Gasteiger partial charge in [0.15, 0.2) is 0 Å². The van der Waals surface area contributed by atoms with E-state index in [2.05, 4.69) is 4.72 Å². The van der Waals surface area contributed by atoms with Crippen LogP contribution in [0.3, 0.4) is 0 Å². The van der Waals surface area contributed by atoms with E-state index in [9.17, 15) is 22.9 Å². The molecule has 2 aromatic carbocycles. The van der Waals surface area contributed by atoms with Gasteiger partial charge >= 0.3 is 0 Å². The number of anilines is 1. The maximum Gasteiger partial charge on any atom is 0.274 e. The molecule has 0 unspecified atom stereocenters. The van der Waals surface area contributed by atoms with Gasteiger partial charge in [0.2, 0.25) is 0 Å². The predicted molar refractivity (Wildman–Crippen MR) is 75.0 cm³/mol. The SMILES string of the molecule is Cc1ccc(NS(=O)(=O)c2ccccc2F)cc1[N+](=O)[O-]. The van der Waals surface area contributed by atoms with Crippen LogP contribution in [0.15, 0.2) is 47.4 Å². The van der Waals surface area contributed by atoms with E-state index in [1.165, 1.54) is 31.2 Å². The van der Waals surface area contributed by atoms with E-state index in [4.69, 9.17) is 0 Å². The highest BCUT2D eigenvalue weighted by atomic mass is 32.2. The molecule has 0 radical (unpaired) electrons. The lowest BCUT2D eigenvalue weighted by molar-refractivity contribution is -0.385. The number of aryl methyl sites for hydroxylation is 1. The van der Waals surface area contributed by atoms with Crippen molar-refractivity contribution in [3.8, 4) is 0 Å². The normalized spacial score (nSPS) is 11.1. The number of benzene rings is 2. The molecular formula is C13H11FN2O4S. The third-order valence-corrected chi connectivity index (χ3v) is 4.20. The molecule has 0 aromatic heterocycles. The minimum atomic E-state index is -4.15. The second-order valence-corrected chi connectivity index (χ2v) is 5.95. The van der Waals surface area contributed by atoms with Gasteiger partial charge in [-0.05, 0) is 25.1 Å². The van der Waals surface area contributed by atoms with Crippen LogP contribution in [0.2, 0.25) is 0 Å². The van der Waals surface area contributed by atoms with Crippen LogP contribution in [-0.4, -0.2) is 13.3 Å². The Balaban J connectivity index is 2.40. The van der Waals surface area contributed by atoms with Crippen LogP contribution in [0.1, 0.15) is 5.56 Å². The number of rotatable bonds is 4. The Bertz CT molecular complexity index is 806. The van der Waals surface area contributed by atoms with E-state index in [1.807, 2.05) is 0 Å². The summed E-state index contributed by atoms with van der Waals surface area (Å²) in [5.74, 6) is -0.897. The van der Waals surface area contributed by atoms with Crippen molar-refractivity contribution in [3.05, 3.63) is 64.0 Å². The van der Waals surface area contributed by atoms with Crippen LogP contribution in [0.4, 0.5) is 15.8 Å². The molecule has 2 aromatic rings. The van der Waals surface area contributed by atoms with Crippen LogP contribution in [0.25, 0.3) is 0 Å². The highest BCUT2D eigenvalue weighted by Gasteiger charge is 2.20. The molecule has 0 bridgehead atoms.